The zero-order chi connectivity index (χ0) is 17.9. The van der Waals surface area contributed by atoms with E-state index < -0.39 is 58.1 Å². The minimum absolute atomic E-state index is 0.0896. The van der Waals surface area contributed by atoms with Crippen molar-refractivity contribution in [3.63, 3.8) is 0 Å². The van der Waals surface area contributed by atoms with Crippen molar-refractivity contribution in [1.29, 1.82) is 0 Å². The summed E-state index contributed by atoms with van der Waals surface area (Å²) in [7, 11) is 0. The number of aliphatic carboxylic acids is 2. The van der Waals surface area contributed by atoms with Gasteiger partial charge >= 0.3 is 11.9 Å². The van der Waals surface area contributed by atoms with Gasteiger partial charge in [0.25, 0.3) is 0 Å². The molecule has 0 aromatic heterocycles. The van der Waals surface area contributed by atoms with Gasteiger partial charge in [-0.2, -0.15) is 0 Å². The van der Waals surface area contributed by atoms with Gasteiger partial charge in [-0.3, -0.25) is 14.4 Å². The lowest BCUT2D eigenvalue weighted by Gasteiger charge is -2.20. The molecule has 1 saturated carbocycles. The van der Waals surface area contributed by atoms with E-state index >= 15 is 0 Å². The van der Waals surface area contributed by atoms with E-state index in [1.807, 2.05) is 0 Å². The third-order valence-corrected chi connectivity index (χ3v) is 4.92. The van der Waals surface area contributed by atoms with Crippen molar-refractivity contribution in [3.8, 4) is 0 Å². The number of amides is 1. The molecule has 1 aliphatic heterocycles. The van der Waals surface area contributed by atoms with Crippen molar-refractivity contribution in [2.75, 3.05) is 13.1 Å². The lowest BCUT2D eigenvalue weighted by molar-refractivity contribution is -0.151. The molecule has 1 saturated heterocycles. The normalized spacial score (nSPS) is 27.7. The number of fused-ring (bicyclic) bond motifs is 1. The SMILES string of the molecule is O=C(Cc1c(F)cc(F)cc1F)N1C[C@@]2(C(=O)O)C[C@@]2(C(=O)O)C1. The quantitative estimate of drug-likeness (QED) is 0.852. The molecule has 0 spiro atoms. The predicted octanol–water partition coefficient (Wildman–Crippen LogP) is 1.03. The smallest absolute Gasteiger partial charge is 0.312 e. The molecule has 2 atom stereocenters. The van der Waals surface area contributed by atoms with Crippen molar-refractivity contribution in [2.24, 2.45) is 10.8 Å². The molecule has 1 heterocycles. The lowest BCUT2D eigenvalue weighted by Crippen LogP contribution is -2.35. The zero-order valence-corrected chi connectivity index (χ0v) is 12.2. The van der Waals surface area contributed by atoms with E-state index in [-0.39, 0.29) is 19.5 Å². The highest BCUT2D eigenvalue weighted by molar-refractivity contribution is 5.96. The third-order valence-electron chi connectivity index (χ3n) is 4.92. The maximum absolute atomic E-state index is 13.6. The number of carbonyl (C=O) groups is 3. The van der Waals surface area contributed by atoms with Gasteiger partial charge in [-0.25, -0.2) is 13.2 Å². The van der Waals surface area contributed by atoms with Crippen LogP contribution < -0.4 is 0 Å². The van der Waals surface area contributed by atoms with Crippen LogP contribution in [0.25, 0.3) is 0 Å². The Morgan fingerprint density at radius 2 is 1.46 bits per heavy atom. The van der Waals surface area contributed by atoms with Crippen LogP contribution in [0.3, 0.4) is 0 Å². The summed E-state index contributed by atoms with van der Waals surface area (Å²) in [6.45, 7) is -0.671. The second-order valence-electron chi connectivity index (χ2n) is 6.23. The Morgan fingerprint density at radius 3 is 1.88 bits per heavy atom. The molecule has 2 aliphatic rings. The molecular weight excluding hydrogens is 331 g/mol. The Labute approximate surface area is 133 Å². The number of hydrogen-bond donors (Lipinski definition) is 2. The van der Waals surface area contributed by atoms with E-state index in [9.17, 15) is 37.8 Å². The summed E-state index contributed by atoms with van der Waals surface area (Å²) < 4.78 is 40.1. The van der Waals surface area contributed by atoms with Crippen molar-refractivity contribution < 1.29 is 37.8 Å². The molecule has 6 nitrogen and oxygen atoms in total. The van der Waals surface area contributed by atoms with Crippen molar-refractivity contribution in [2.45, 2.75) is 12.8 Å². The first kappa shape index (κ1) is 16.3. The highest BCUT2D eigenvalue weighted by Gasteiger charge is 2.81. The minimum Gasteiger partial charge on any atom is -0.481 e. The lowest BCUT2D eigenvalue weighted by atomic mass is 9.97. The fourth-order valence-electron chi connectivity index (χ4n) is 3.47. The van der Waals surface area contributed by atoms with Crippen LogP contribution in [0.15, 0.2) is 12.1 Å². The summed E-state index contributed by atoms with van der Waals surface area (Å²) in [5.74, 6) is -7.04. The maximum Gasteiger partial charge on any atom is 0.312 e. The molecule has 1 amide bonds. The summed E-state index contributed by atoms with van der Waals surface area (Å²) in [4.78, 5) is 36.0. The molecule has 0 radical (unpaired) electrons. The van der Waals surface area contributed by atoms with Crippen LogP contribution in [0, 0.1) is 28.3 Å². The van der Waals surface area contributed by atoms with E-state index in [1.54, 1.807) is 0 Å². The number of carboxylic acids is 2. The molecule has 2 fully saturated rings. The monoisotopic (exact) mass is 343 g/mol. The van der Waals surface area contributed by atoms with Crippen molar-refractivity contribution >= 4 is 17.8 Å². The van der Waals surface area contributed by atoms with Crippen LogP contribution in [0.5, 0.6) is 0 Å². The number of nitrogens with zero attached hydrogens (tertiary/aromatic N) is 1. The summed E-state index contributed by atoms with van der Waals surface area (Å²) in [6.07, 6.45) is -0.836. The van der Waals surface area contributed by atoms with Crippen LogP contribution in [-0.4, -0.2) is 46.0 Å². The van der Waals surface area contributed by atoms with Crippen LogP contribution in [0.1, 0.15) is 12.0 Å². The third kappa shape index (κ3) is 2.07. The number of rotatable bonds is 4. The van der Waals surface area contributed by atoms with E-state index in [1.165, 1.54) is 0 Å². The Bertz CT molecular complexity index is 731. The molecule has 1 aromatic rings. The van der Waals surface area contributed by atoms with Crippen LogP contribution in [0.2, 0.25) is 0 Å². The number of carboxylic acid groups (broad SMARTS) is 2. The van der Waals surface area contributed by atoms with Crippen LogP contribution in [0.4, 0.5) is 13.2 Å². The predicted molar refractivity (Wildman–Crippen MR) is 71.4 cm³/mol. The van der Waals surface area contributed by atoms with Crippen molar-refractivity contribution in [1.82, 2.24) is 4.90 Å². The Balaban J connectivity index is 1.81. The Kier molecular flexibility index (Phi) is 3.36. The van der Waals surface area contributed by atoms with Gasteiger partial charge in [0.15, 0.2) is 0 Å². The molecular formula is C15H12F3NO5. The van der Waals surface area contributed by atoms with Gasteiger partial charge in [-0.05, 0) is 6.42 Å². The number of piperidine rings is 1. The molecule has 1 aromatic carbocycles. The first-order chi connectivity index (χ1) is 11.1. The van der Waals surface area contributed by atoms with Crippen LogP contribution in [-0.2, 0) is 20.8 Å². The number of carbonyl (C=O) groups excluding carboxylic acids is 1. The number of likely N-dealkylation sites (tertiary alicyclic amines) is 1. The number of halogens is 3. The van der Waals surface area contributed by atoms with E-state index in [0.29, 0.717) is 12.1 Å². The second kappa shape index (κ2) is 4.96. The zero-order valence-electron chi connectivity index (χ0n) is 12.2. The first-order valence-corrected chi connectivity index (χ1v) is 7.01. The summed E-state index contributed by atoms with van der Waals surface area (Å²) >= 11 is 0. The first-order valence-electron chi connectivity index (χ1n) is 7.01. The topological polar surface area (TPSA) is 94.9 Å². The highest BCUT2D eigenvalue weighted by atomic mass is 19.1. The largest absolute Gasteiger partial charge is 0.481 e. The molecule has 3 rings (SSSR count). The summed E-state index contributed by atoms with van der Waals surface area (Å²) in [6, 6.07) is 0.870. The molecule has 0 unspecified atom stereocenters. The summed E-state index contributed by atoms with van der Waals surface area (Å²) in [5, 5.41) is 18.5. The van der Waals surface area contributed by atoms with Gasteiger partial charge in [0, 0.05) is 30.8 Å². The fraction of sp³-hybridized carbons (Fsp3) is 0.400. The molecule has 128 valence electrons. The molecule has 24 heavy (non-hydrogen) atoms. The van der Waals surface area contributed by atoms with E-state index in [4.69, 9.17) is 0 Å². The average Bonchev–Trinajstić information content (AvgIpc) is 3.01. The number of hydrogen-bond acceptors (Lipinski definition) is 3. The van der Waals surface area contributed by atoms with Gasteiger partial charge in [-0.15, -0.1) is 0 Å². The van der Waals surface area contributed by atoms with Gasteiger partial charge in [0.2, 0.25) is 5.91 Å². The van der Waals surface area contributed by atoms with E-state index in [2.05, 4.69) is 0 Å². The standard InChI is InChI=1S/C15H12F3NO5/c16-7-1-9(17)8(10(18)2-7)3-11(20)19-5-14(12(21)22)4-15(14,6-19)13(23)24/h1-2H,3-6H2,(H,21,22)(H,23,24)/t14-,15+. The van der Waals surface area contributed by atoms with Crippen LogP contribution >= 0.6 is 0 Å². The van der Waals surface area contributed by atoms with Gasteiger partial charge in [-0.1, -0.05) is 0 Å². The average molecular weight is 343 g/mol. The molecule has 2 N–H and O–H groups in total. The summed E-state index contributed by atoms with van der Waals surface area (Å²) in [5.41, 5.74) is -3.77. The van der Waals surface area contributed by atoms with E-state index in [0.717, 1.165) is 4.90 Å². The van der Waals surface area contributed by atoms with Gasteiger partial charge < -0.3 is 15.1 Å². The fourth-order valence-corrected chi connectivity index (χ4v) is 3.47. The number of benzene rings is 1. The highest BCUT2D eigenvalue weighted by Crippen LogP contribution is 2.68. The molecule has 0 bridgehead atoms. The van der Waals surface area contributed by atoms with Gasteiger partial charge in [0.1, 0.15) is 28.3 Å². The minimum atomic E-state index is -1.56. The Hall–Kier alpha value is -2.58. The van der Waals surface area contributed by atoms with Gasteiger partial charge in [0.05, 0.1) is 6.42 Å². The molecule has 9 heteroatoms. The maximum atomic E-state index is 13.6. The molecule has 1 aliphatic carbocycles. The Morgan fingerprint density at radius 1 is 1.00 bits per heavy atom. The second-order valence-corrected chi connectivity index (χ2v) is 6.23. The van der Waals surface area contributed by atoms with Crippen molar-refractivity contribution in [3.05, 3.63) is 35.1 Å².